The van der Waals surface area contributed by atoms with Gasteiger partial charge < -0.3 is 11.1 Å². The Labute approximate surface area is 118 Å². The van der Waals surface area contributed by atoms with Crippen LogP contribution in [0.25, 0.3) is 11.1 Å². The lowest BCUT2D eigenvalue weighted by Crippen LogP contribution is -2.33. The second-order valence-corrected chi connectivity index (χ2v) is 5.06. The molecule has 4 nitrogen and oxygen atoms in total. The van der Waals surface area contributed by atoms with Crippen LogP contribution < -0.4 is 11.1 Å². The SMILES string of the molecule is NC(=NCc1cccc(-c2cccnc2)c1)NC1CC1. The molecule has 0 unspecified atom stereocenters. The van der Waals surface area contributed by atoms with E-state index in [0.29, 0.717) is 18.5 Å². The summed E-state index contributed by atoms with van der Waals surface area (Å²) in [6.07, 6.45) is 6.05. The predicted octanol–water partition coefficient (Wildman–Crippen LogP) is 2.32. The Balaban J connectivity index is 1.71. The van der Waals surface area contributed by atoms with Crippen molar-refractivity contribution in [3.05, 3.63) is 54.4 Å². The molecule has 2 aromatic rings. The molecular formula is C16H18N4. The number of aliphatic imine (C=N–C) groups is 1. The molecule has 4 heteroatoms. The molecule has 1 heterocycles. The minimum absolute atomic E-state index is 0.541. The lowest BCUT2D eigenvalue weighted by molar-refractivity contribution is 0.879. The average molecular weight is 266 g/mol. The van der Waals surface area contributed by atoms with Gasteiger partial charge in [-0.05, 0) is 41.7 Å². The van der Waals surface area contributed by atoms with E-state index in [2.05, 4.69) is 39.6 Å². The van der Waals surface area contributed by atoms with Gasteiger partial charge in [0.1, 0.15) is 0 Å². The van der Waals surface area contributed by atoms with E-state index >= 15 is 0 Å². The first-order valence-corrected chi connectivity index (χ1v) is 6.87. The van der Waals surface area contributed by atoms with Crippen molar-refractivity contribution in [2.45, 2.75) is 25.4 Å². The van der Waals surface area contributed by atoms with Crippen molar-refractivity contribution in [3.8, 4) is 11.1 Å². The molecule has 0 bridgehead atoms. The number of guanidine groups is 1. The minimum atomic E-state index is 0.541. The van der Waals surface area contributed by atoms with Crippen molar-refractivity contribution in [3.63, 3.8) is 0 Å². The van der Waals surface area contributed by atoms with Crippen LogP contribution in [0.2, 0.25) is 0 Å². The zero-order valence-electron chi connectivity index (χ0n) is 11.3. The molecule has 0 atom stereocenters. The van der Waals surface area contributed by atoms with Gasteiger partial charge in [-0.15, -0.1) is 0 Å². The fourth-order valence-corrected chi connectivity index (χ4v) is 2.04. The van der Waals surface area contributed by atoms with E-state index in [9.17, 15) is 0 Å². The first-order valence-electron chi connectivity index (χ1n) is 6.87. The van der Waals surface area contributed by atoms with Crippen molar-refractivity contribution < 1.29 is 0 Å². The van der Waals surface area contributed by atoms with Gasteiger partial charge in [0.25, 0.3) is 0 Å². The molecule has 1 fully saturated rings. The van der Waals surface area contributed by atoms with E-state index in [-0.39, 0.29) is 0 Å². The summed E-state index contributed by atoms with van der Waals surface area (Å²) in [6, 6.07) is 12.9. The maximum atomic E-state index is 5.84. The Morgan fingerprint density at radius 2 is 2.10 bits per heavy atom. The molecular weight excluding hydrogens is 248 g/mol. The smallest absolute Gasteiger partial charge is 0.189 e. The van der Waals surface area contributed by atoms with Crippen molar-refractivity contribution in [1.82, 2.24) is 10.3 Å². The van der Waals surface area contributed by atoms with E-state index in [1.807, 2.05) is 18.3 Å². The highest BCUT2D eigenvalue weighted by Crippen LogP contribution is 2.20. The lowest BCUT2D eigenvalue weighted by Gasteiger charge is -2.05. The maximum absolute atomic E-state index is 5.84. The molecule has 1 aliphatic rings. The molecule has 0 radical (unpaired) electrons. The van der Waals surface area contributed by atoms with Crippen LogP contribution in [0.5, 0.6) is 0 Å². The zero-order chi connectivity index (χ0) is 13.8. The number of aromatic nitrogens is 1. The van der Waals surface area contributed by atoms with E-state index in [1.165, 1.54) is 12.8 Å². The normalized spacial score (nSPS) is 15.1. The van der Waals surface area contributed by atoms with Crippen LogP contribution >= 0.6 is 0 Å². The number of hydrogen-bond donors (Lipinski definition) is 2. The predicted molar refractivity (Wildman–Crippen MR) is 81.2 cm³/mol. The summed E-state index contributed by atoms with van der Waals surface area (Å²) < 4.78 is 0. The molecule has 1 aromatic heterocycles. The van der Waals surface area contributed by atoms with Crippen molar-refractivity contribution in [1.29, 1.82) is 0 Å². The number of pyridine rings is 1. The first-order chi connectivity index (χ1) is 9.81. The second kappa shape index (κ2) is 5.74. The van der Waals surface area contributed by atoms with Crippen molar-refractivity contribution >= 4 is 5.96 Å². The third-order valence-electron chi connectivity index (χ3n) is 3.28. The topological polar surface area (TPSA) is 63.3 Å². The monoisotopic (exact) mass is 266 g/mol. The molecule has 20 heavy (non-hydrogen) atoms. The Morgan fingerprint density at radius 1 is 1.25 bits per heavy atom. The van der Waals surface area contributed by atoms with Crippen LogP contribution in [0.3, 0.4) is 0 Å². The maximum Gasteiger partial charge on any atom is 0.189 e. The highest BCUT2D eigenvalue weighted by Gasteiger charge is 2.21. The molecule has 1 saturated carbocycles. The standard InChI is InChI=1S/C16H18N4/c17-16(20-15-6-7-15)19-10-12-3-1-4-13(9-12)14-5-2-8-18-11-14/h1-5,8-9,11,15H,6-7,10H2,(H3,17,19,20). The highest BCUT2D eigenvalue weighted by molar-refractivity contribution is 5.78. The van der Waals surface area contributed by atoms with Crippen LogP contribution in [0.4, 0.5) is 0 Å². The van der Waals surface area contributed by atoms with Crippen LogP contribution in [0.15, 0.2) is 53.8 Å². The summed E-state index contributed by atoms with van der Waals surface area (Å²) in [5.41, 5.74) is 9.25. The average Bonchev–Trinajstić information content (AvgIpc) is 3.30. The van der Waals surface area contributed by atoms with Gasteiger partial charge in [0.15, 0.2) is 5.96 Å². The van der Waals surface area contributed by atoms with Gasteiger partial charge in [0.05, 0.1) is 6.54 Å². The van der Waals surface area contributed by atoms with Crippen molar-refractivity contribution in [2.24, 2.45) is 10.7 Å². The van der Waals surface area contributed by atoms with Crippen LogP contribution in [0, 0.1) is 0 Å². The van der Waals surface area contributed by atoms with Gasteiger partial charge in [-0.1, -0.05) is 24.3 Å². The van der Waals surface area contributed by atoms with Crippen LogP contribution in [-0.4, -0.2) is 17.0 Å². The van der Waals surface area contributed by atoms with Crippen molar-refractivity contribution in [2.75, 3.05) is 0 Å². The van der Waals surface area contributed by atoms with E-state index in [4.69, 9.17) is 5.73 Å². The van der Waals surface area contributed by atoms with Gasteiger partial charge in [-0.2, -0.15) is 0 Å². The fraction of sp³-hybridized carbons (Fsp3) is 0.250. The molecule has 1 aliphatic carbocycles. The molecule has 0 spiro atoms. The van der Waals surface area contributed by atoms with Gasteiger partial charge in [0.2, 0.25) is 0 Å². The van der Waals surface area contributed by atoms with E-state index in [1.54, 1.807) is 6.20 Å². The molecule has 0 saturated heterocycles. The number of nitrogens with two attached hydrogens (primary N) is 1. The van der Waals surface area contributed by atoms with Gasteiger partial charge >= 0.3 is 0 Å². The Bertz CT molecular complexity index is 603. The molecule has 0 aliphatic heterocycles. The highest BCUT2D eigenvalue weighted by atomic mass is 15.1. The summed E-state index contributed by atoms with van der Waals surface area (Å²) in [4.78, 5) is 8.52. The lowest BCUT2D eigenvalue weighted by atomic mass is 10.1. The Kier molecular flexibility index (Phi) is 3.63. The number of nitrogens with zero attached hydrogens (tertiary/aromatic N) is 2. The molecule has 3 N–H and O–H groups in total. The summed E-state index contributed by atoms with van der Waals surface area (Å²) in [7, 11) is 0. The molecule has 102 valence electrons. The summed E-state index contributed by atoms with van der Waals surface area (Å²) in [5, 5.41) is 3.19. The number of hydrogen-bond acceptors (Lipinski definition) is 2. The van der Waals surface area contributed by atoms with E-state index in [0.717, 1.165) is 16.7 Å². The summed E-state index contributed by atoms with van der Waals surface area (Å²) >= 11 is 0. The fourth-order valence-electron chi connectivity index (χ4n) is 2.04. The Morgan fingerprint density at radius 3 is 2.85 bits per heavy atom. The summed E-state index contributed by atoms with van der Waals surface area (Å²) in [6.45, 7) is 0.597. The largest absolute Gasteiger partial charge is 0.370 e. The second-order valence-electron chi connectivity index (χ2n) is 5.06. The van der Waals surface area contributed by atoms with Crippen LogP contribution in [-0.2, 0) is 6.54 Å². The van der Waals surface area contributed by atoms with Crippen LogP contribution in [0.1, 0.15) is 18.4 Å². The van der Waals surface area contributed by atoms with Gasteiger partial charge in [0, 0.05) is 18.4 Å². The minimum Gasteiger partial charge on any atom is -0.370 e. The first kappa shape index (κ1) is 12.7. The molecule has 1 aromatic carbocycles. The van der Waals surface area contributed by atoms with Gasteiger partial charge in [-0.25, -0.2) is 4.99 Å². The Hall–Kier alpha value is -2.36. The molecule has 3 rings (SSSR count). The third kappa shape index (κ3) is 3.35. The summed E-state index contributed by atoms with van der Waals surface area (Å²) in [5.74, 6) is 0.541. The third-order valence-corrected chi connectivity index (χ3v) is 3.28. The molecule has 0 amide bonds. The number of rotatable bonds is 4. The zero-order valence-corrected chi connectivity index (χ0v) is 11.3. The van der Waals surface area contributed by atoms with Gasteiger partial charge in [-0.3, -0.25) is 4.98 Å². The van der Waals surface area contributed by atoms with E-state index < -0.39 is 0 Å². The number of nitrogens with one attached hydrogen (secondary N) is 1. The number of benzene rings is 1. The quantitative estimate of drug-likeness (QED) is 0.659.